The van der Waals surface area contributed by atoms with E-state index in [1.807, 2.05) is 19.2 Å². The van der Waals surface area contributed by atoms with Crippen molar-refractivity contribution in [2.24, 2.45) is 7.05 Å². The second kappa shape index (κ2) is 9.67. The van der Waals surface area contributed by atoms with E-state index in [2.05, 4.69) is 33.7 Å². The lowest BCUT2D eigenvalue weighted by molar-refractivity contribution is -0.117. The first-order valence-corrected chi connectivity index (χ1v) is 9.61. The fourth-order valence-electron chi connectivity index (χ4n) is 2.79. The van der Waals surface area contributed by atoms with E-state index in [1.54, 1.807) is 54.5 Å². The lowest BCUT2D eigenvalue weighted by Gasteiger charge is -2.18. The molecule has 0 aliphatic heterocycles. The van der Waals surface area contributed by atoms with Gasteiger partial charge < -0.3 is 15.4 Å². The Morgan fingerprint density at radius 2 is 1.93 bits per heavy atom. The highest BCUT2D eigenvalue weighted by Gasteiger charge is 2.15. The quantitative estimate of drug-likeness (QED) is 0.597. The molecule has 0 aliphatic rings. The predicted molar refractivity (Wildman–Crippen MR) is 113 cm³/mol. The number of nitrogens with one attached hydrogen (secondary N) is 2. The first-order chi connectivity index (χ1) is 14.4. The Balaban J connectivity index is 1.48. The van der Waals surface area contributed by atoms with Crippen LogP contribution in [0.4, 0.5) is 5.82 Å². The molecule has 0 fully saturated rings. The SMILES string of the molecule is C[C@@H](NC[C@H](C)c1ccc(C#N)cc1)C(=O)Nc1ccc(Oc2cnn(C)c2)cn1. The summed E-state index contributed by atoms with van der Waals surface area (Å²) in [4.78, 5) is 16.7. The van der Waals surface area contributed by atoms with Crippen LogP contribution in [0.2, 0.25) is 0 Å². The molecule has 3 aromatic rings. The molecule has 0 spiro atoms. The summed E-state index contributed by atoms with van der Waals surface area (Å²) < 4.78 is 7.29. The number of hydrogen-bond donors (Lipinski definition) is 2. The summed E-state index contributed by atoms with van der Waals surface area (Å²) in [5.41, 5.74) is 1.75. The highest BCUT2D eigenvalue weighted by molar-refractivity contribution is 5.93. The van der Waals surface area contributed by atoms with Gasteiger partial charge in [0.1, 0.15) is 11.6 Å². The zero-order valence-corrected chi connectivity index (χ0v) is 17.2. The number of carbonyl (C=O) groups excluding carboxylic acids is 1. The molecule has 2 heterocycles. The number of nitriles is 1. The van der Waals surface area contributed by atoms with Crippen LogP contribution >= 0.6 is 0 Å². The van der Waals surface area contributed by atoms with Crippen LogP contribution in [0.1, 0.15) is 30.9 Å². The van der Waals surface area contributed by atoms with Gasteiger partial charge in [-0.25, -0.2) is 4.98 Å². The van der Waals surface area contributed by atoms with Crippen molar-refractivity contribution >= 4 is 11.7 Å². The molecule has 1 aromatic carbocycles. The number of amides is 1. The van der Waals surface area contributed by atoms with Gasteiger partial charge >= 0.3 is 0 Å². The third-order valence-corrected chi connectivity index (χ3v) is 4.64. The monoisotopic (exact) mass is 404 g/mol. The van der Waals surface area contributed by atoms with Crippen molar-refractivity contribution in [3.63, 3.8) is 0 Å². The summed E-state index contributed by atoms with van der Waals surface area (Å²) in [5.74, 6) is 1.66. The van der Waals surface area contributed by atoms with Gasteiger partial charge in [0.2, 0.25) is 5.91 Å². The number of aryl methyl sites for hydroxylation is 1. The van der Waals surface area contributed by atoms with E-state index < -0.39 is 0 Å². The average Bonchev–Trinajstić information content (AvgIpc) is 3.17. The molecule has 3 rings (SSSR count). The smallest absolute Gasteiger partial charge is 0.242 e. The molecule has 0 bridgehead atoms. The van der Waals surface area contributed by atoms with Crippen molar-refractivity contribution in [1.29, 1.82) is 5.26 Å². The van der Waals surface area contributed by atoms with Gasteiger partial charge in [0.05, 0.1) is 36.3 Å². The van der Waals surface area contributed by atoms with Crippen molar-refractivity contribution in [2.45, 2.75) is 25.8 Å². The van der Waals surface area contributed by atoms with Gasteiger partial charge in [-0.05, 0) is 42.7 Å². The number of nitrogens with zero attached hydrogens (tertiary/aromatic N) is 4. The zero-order chi connectivity index (χ0) is 21.5. The van der Waals surface area contributed by atoms with E-state index in [0.717, 1.165) is 5.56 Å². The maximum atomic E-state index is 12.4. The van der Waals surface area contributed by atoms with Crippen molar-refractivity contribution in [3.05, 3.63) is 66.1 Å². The Labute approximate surface area is 175 Å². The maximum Gasteiger partial charge on any atom is 0.242 e. The van der Waals surface area contributed by atoms with E-state index >= 15 is 0 Å². The third kappa shape index (κ3) is 5.65. The fraction of sp³-hybridized carbons (Fsp3) is 0.273. The molecule has 30 heavy (non-hydrogen) atoms. The van der Waals surface area contributed by atoms with Crippen LogP contribution < -0.4 is 15.4 Å². The number of benzene rings is 1. The number of pyridine rings is 1. The van der Waals surface area contributed by atoms with Gasteiger partial charge in [0.15, 0.2) is 5.75 Å². The average molecular weight is 404 g/mol. The molecule has 0 saturated carbocycles. The molecule has 1 amide bonds. The molecular weight excluding hydrogens is 380 g/mol. The first kappa shape index (κ1) is 21.0. The summed E-state index contributed by atoms with van der Waals surface area (Å²) in [7, 11) is 1.81. The number of ether oxygens (including phenoxy) is 1. The van der Waals surface area contributed by atoms with Crippen LogP contribution in [0.25, 0.3) is 0 Å². The van der Waals surface area contributed by atoms with Crippen molar-refractivity contribution < 1.29 is 9.53 Å². The number of hydrogen-bond acceptors (Lipinski definition) is 6. The number of aromatic nitrogens is 3. The molecule has 0 saturated heterocycles. The second-order valence-electron chi connectivity index (χ2n) is 7.08. The highest BCUT2D eigenvalue weighted by atomic mass is 16.5. The van der Waals surface area contributed by atoms with E-state index in [1.165, 1.54) is 0 Å². The van der Waals surface area contributed by atoms with Crippen LogP contribution in [0.5, 0.6) is 11.5 Å². The lowest BCUT2D eigenvalue weighted by Crippen LogP contribution is -2.39. The standard InChI is InChI=1S/C22H24N6O2/c1-15(18-6-4-17(10-23)5-7-18)11-24-16(2)22(29)27-21-9-8-19(12-25-21)30-20-13-26-28(3)14-20/h4-9,12-16,24H,11H2,1-3H3,(H,25,27,29)/t15-,16+/m0/s1. The lowest BCUT2D eigenvalue weighted by atomic mass is 10.00. The van der Waals surface area contributed by atoms with E-state index in [9.17, 15) is 4.79 Å². The largest absolute Gasteiger partial charge is 0.452 e. The Kier molecular flexibility index (Phi) is 6.78. The summed E-state index contributed by atoms with van der Waals surface area (Å²) in [6.45, 7) is 4.51. The van der Waals surface area contributed by atoms with E-state index in [-0.39, 0.29) is 17.9 Å². The Morgan fingerprint density at radius 1 is 1.17 bits per heavy atom. The molecule has 8 heteroatoms. The van der Waals surface area contributed by atoms with E-state index in [4.69, 9.17) is 10.00 Å². The molecule has 0 aliphatic carbocycles. The minimum atomic E-state index is -0.390. The molecule has 2 atom stereocenters. The molecule has 0 unspecified atom stereocenters. The van der Waals surface area contributed by atoms with Crippen molar-refractivity contribution in [2.75, 3.05) is 11.9 Å². The van der Waals surface area contributed by atoms with Crippen LogP contribution in [0.3, 0.4) is 0 Å². The van der Waals surface area contributed by atoms with Crippen LogP contribution in [0, 0.1) is 11.3 Å². The van der Waals surface area contributed by atoms with Gasteiger partial charge in [-0.3, -0.25) is 9.48 Å². The van der Waals surface area contributed by atoms with Crippen LogP contribution in [-0.2, 0) is 11.8 Å². The van der Waals surface area contributed by atoms with E-state index in [0.29, 0.717) is 29.4 Å². The zero-order valence-electron chi connectivity index (χ0n) is 17.2. The molecule has 8 nitrogen and oxygen atoms in total. The minimum Gasteiger partial charge on any atom is -0.452 e. The van der Waals surface area contributed by atoms with Crippen molar-refractivity contribution in [3.8, 4) is 17.6 Å². The van der Waals surface area contributed by atoms with Gasteiger partial charge in [-0.2, -0.15) is 10.4 Å². The number of rotatable bonds is 8. The third-order valence-electron chi connectivity index (χ3n) is 4.64. The van der Waals surface area contributed by atoms with Gasteiger partial charge in [0.25, 0.3) is 0 Å². The maximum absolute atomic E-state index is 12.4. The van der Waals surface area contributed by atoms with Gasteiger partial charge in [-0.1, -0.05) is 19.1 Å². The number of carbonyl (C=O) groups is 1. The predicted octanol–water partition coefficient (Wildman–Crippen LogP) is 3.20. The summed E-state index contributed by atoms with van der Waals surface area (Å²) in [6, 6.07) is 12.6. The normalized spacial score (nSPS) is 12.6. The van der Waals surface area contributed by atoms with Gasteiger partial charge in [0, 0.05) is 13.6 Å². The van der Waals surface area contributed by atoms with Gasteiger partial charge in [-0.15, -0.1) is 0 Å². The molecule has 2 aromatic heterocycles. The molecule has 154 valence electrons. The molecule has 2 N–H and O–H groups in total. The van der Waals surface area contributed by atoms with Crippen molar-refractivity contribution in [1.82, 2.24) is 20.1 Å². The Bertz CT molecular complexity index is 1020. The van der Waals surface area contributed by atoms with Crippen LogP contribution in [0.15, 0.2) is 55.0 Å². The first-order valence-electron chi connectivity index (χ1n) is 9.61. The minimum absolute atomic E-state index is 0.171. The molecule has 0 radical (unpaired) electrons. The Morgan fingerprint density at radius 3 is 2.53 bits per heavy atom. The summed E-state index contributed by atoms with van der Waals surface area (Å²) in [5, 5.41) is 19.0. The second-order valence-corrected chi connectivity index (χ2v) is 7.08. The number of anilines is 1. The Hall–Kier alpha value is -3.70. The summed E-state index contributed by atoms with van der Waals surface area (Å²) in [6.07, 6.45) is 4.91. The van der Waals surface area contributed by atoms with Crippen LogP contribution in [-0.4, -0.2) is 33.3 Å². The molecular formula is C22H24N6O2. The topological polar surface area (TPSA) is 105 Å². The highest BCUT2D eigenvalue weighted by Crippen LogP contribution is 2.20. The summed E-state index contributed by atoms with van der Waals surface area (Å²) >= 11 is 0. The fourth-order valence-corrected chi connectivity index (χ4v) is 2.79.